The molecule has 0 saturated carbocycles. The summed E-state index contributed by atoms with van der Waals surface area (Å²) in [5, 5.41) is 6.35. The van der Waals surface area contributed by atoms with Crippen molar-refractivity contribution in [2.75, 3.05) is 7.05 Å². The second-order valence-corrected chi connectivity index (χ2v) is 5.86. The molecular weight excluding hydrogens is 364 g/mol. The second kappa shape index (κ2) is 9.50. The molecule has 0 bridgehead atoms. The predicted octanol–water partition coefficient (Wildman–Crippen LogP) is 3.34. The summed E-state index contributed by atoms with van der Waals surface area (Å²) in [5.74, 6) is 0.693. The van der Waals surface area contributed by atoms with E-state index in [1.165, 1.54) is 6.07 Å². The third-order valence-electron chi connectivity index (χ3n) is 4.08. The van der Waals surface area contributed by atoms with E-state index >= 15 is 0 Å². The molecule has 3 aromatic rings. The largest absolute Gasteiger partial charge is 0.434 e. The number of aromatic nitrogens is 2. The van der Waals surface area contributed by atoms with Crippen LogP contribution in [0, 0.1) is 0 Å². The fourth-order valence-corrected chi connectivity index (χ4v) is 2.75. The van der Waals surface area contributed by atoms with Crippen LogP contribution in [0.5, 0.6) is 5.75 Å². The summed E-state index contributed by atoms with van der Waals surface area (Å²) in [6.45, 7) is -2.03. The Balaban J connectivity index is 1.63. The first-order valence-electron chi connectivity index (χ1n) is 8.71. The molecule has 0 fully saturated rings. The molecule has 0 amide bonds. The van der Waals surface area contributed by atoms with E-state index in [2.05, 4.69) is 25.3 Å². The van der Waals surface area contributed by atoms with Crippen LogP contribution in [0.2, 0.25) is 0 Å². The maximum atomic E-state index is 12.5. The molecule has 0 aliphatic carbocycles. The van der Waals surface area contributed by atoms with Crippen LogP contribution in [0.1, 0.15) is 11.1 Å². The molecule has 0 spiro atoms. The number of guanidine groups is 1. The summed E-state index contributed by atoms with van der Waals surface area (Å²) in [5.41, 5.74) is 2.69. The highest BCUT2D eigenvalue weighted by molar-refractivity contribution is 5.79. The Kier molecular flexibility index (Phi) is 6.56. The zero-order valence-corrected chi connectivity index (χ0v) is 15.3. The van der Waals surface area contributed by atoms with Crippen LogP contribution in [0.3, 0.4) is 0 Å². The van der Waals surface area contributed by atoms with Crippen LogP contribution in [0.4, 0.5) is 8.78 Å². The van der Waals surface area contributed by atoms with Gasteiger partial charge in [-0.15, -0.1) is 0 Å². The topological polar surface area (TPSA) is 63.5 Å². The molecule has 2 N–H and O–H groups in total. The van der Waals surface area contributed by atoms with Crippen LogP contribution >= 0.6 is 0 Å². The summed E-state index contributed by atoms with van der Waals surface area (Å²) >= 11 is 0. The molecule has 3 rings (SSSR count). The zero-order valence-electron chi connectivity index (χ0n) is 15.3. The Labute approximate surface area is 161 Å². The molecule has 1 heterocycles. The summed E-state index contributed by atoms with van der Waals surface area (Å²) in [7, 11) is 1.65. The first kappa shape index (κ1) is 19.3. The Morgan fingerprint density at radius 2 is 1.75 bits per heavy atom. The van der Waals surface area contributed by atoms with E-state index in [1.54, 1.807) is 37.8 Å². The van der Waals surface area contributed by atoms with Crippen molar-refractivity contribution in [1.82, 2.24) is 20.2 Å². The lowest BCUT2D eigenvalue weighted by molar-refractivity contribution is -0.0504. The standard InChI is InChI=1S/C20H21F2N5O/c1-23-20(26-13-16-7-3-5-9-18(16)28-19(21)22)25-12-15-6-2-4-8-17(15)27-11-10-24-14-27/h2-11,14,19H,12-13H2,1H3,(H2,23,25,26). The molecule has 0 saturated heterocycles. The van der Waals surface area contributed by atoms with Gasteiger partial charge in [-0.3, -0.25) is 4.99 Å². The maximum absolute atomic E-state index is 12.5. The fourth-order valence-electron chi connectivity index (χ4n) is 2.75. The van der Waals surface area contributed by atoms with Crippen LogP contribution < -0.4 is 15.4 Å². The molecule has 1 aromatic heterocycles. The van der Waals surface area contributed by atoms with Crippen molar-refractivity contribution in [3.63, 3.8) is 0 Å². The van der Waals surface area contributed by atoms with Gasteiger partial charge in [-0.05, 0) is 17.7 Å². The van der Waals surface area contributed by atoms with Crippen molar-refractivity contribution in [3.05, 3.63) is 78.4 Å². The van der Waals surface area contributed by atoms with Crippen molar-refractivity contribution >= 4 is 5.96 Å². The highest BCUT2D eigenvalue weighted by Gasteiger charge is 2.10. The van der Waals surface area contributed by atoms with E-state index in [-0.39, 0.29) is 5.75 Å². The number of nitrogens with one attached hydrogen (secondary N) is 2. The minimum atomic E-state index is -2.86. The summed E-state index contributed by atoms with van der Waals surface area (Å²) in [6, 6.07) is 14.6. The average molecular weight is 385 g/mol. The van der Waals surface area contributed by atoms with Gasteiger partial charge in [-0.2, -0.15) is 8.78 Å². The minimum Gasteiger partial charge on any atom is -0.434 e. The molecule has 0 aliphatic heterocycles. The number of hydrogen-bond acceptors (Lipinski definition) is 3. The molecule has 8 heteroatoms. The number of halogens is 2. The summed E-state index contributed by atoms with van der Waals surface area (Å²) in [4.78, 5) is 8.27. The fraction of sp³-hybridized carbons (Fsp3) is 0.200. The maximum Gasteiger partial charge on any atom is 0.387 e. The number of rotatable bonds is 7. The first-order chi connectivity index (χ1) is 13.7. The molecule has 0 unspecified atom stereocenters. The normalized spacial score (nSPS) is 11.5. The van der Waals surface area contributed by atoms with Crippen LogP contribution in [0.25, 0.3) is 5.69 Å². The number of nitrogens with zero attached hydrogens (tertiary/aromatic N) is 3. The van der Waals surface area contributed by atoms with Gasteiger partial charge in [-0.25, -0.2) is 4.98 Å². The van der Waals surface area contributed by atoms with Gasteiger partial charge in [0.05, 0.1) is 12.0 Å². The van der Waals surface area contributed by atoms with Crippen molar-refractivity contribution in [3.8, 4) is 11.4 Å². The van der Waals surface area contributed by atoms with Crippen molar-refractivity contribution in [2.45, 2.75) is 19.7 Å². The molecule has 2 aromatic carbocycles. The highest BCUT2D eigenvalue weighted by Crippen LogP contribution is 2.20. The third-order valence-corrected chi connectivity index (χ3v) is 4.08. The summed E-state index contributed by atoms with van der Waals surface area (Å²) < 4.78 is 31.6. The molecule has 146 valence electrons. The second-order valence-electron chi connectivity index (χ2n) is 5.86. The van der Waals surface area contributed by atoms with Gasteiger partial charge in [0.15, 0.2) is 5.96 Å². The SMILES string of the molecule is CN=C(NCc1ccccc1OC(F)F)NCc1ccccc1-n1ccnc1. The lowest BCUT2D eigenvalue weighted by Crippen LogP contribution is -2.36. The zero-order chi connectivity index (χ0) is 19.8. The predicted molar refractivity (Wildman–Crippen MR) is 104 cm³/mol. The number of imidazole rings is 1. The Morgan fingerprint density at radius 3 is 2.43 bits per heavy atom. The minimum absolute atomic E-state index is 0.144. The van der Waals surface area contributed by atoms with E-state index in [0.29, 0.717) is 24.6 Å². The van der Waals surface area contributed by atoms with Gasteiger partial charge in [0.2, 0.25) is 0 Å². The van der Waals surface area contributed by atoms with Gasteiger partial charge in [0, 0.05) is 38.1 Å². The third kappa shape index (κ3) is 5.06. The molecule has 0 radical (unpaired) electrons. The van der Waals surface area contributed by atoms with E-state index < -0.39 is 6.61 Å². The number of aliphatic imine (C=N–C) groups is 1. The van der Waals surface area contributed by atoms with Crippen LogP contribution in [0.15, 0.2) is 72.2 Å². The van der Waals surface area contributed by atoms with E-state index in [0.717, 1.165) is 11.3 Å². The lowest BCUT2D eigenvalue weighted by atomic mass is 10.1. The highest BCUT2D eigenvalue weighted by atomic mass is 19.3. The summed E-state index contributed by atoms with van der Waals surface area (Å²) in [6.07, 6.45) is 5.35. The van der Waals surface area contributed by atoms with Crippen LogP contribution in [-0.4, -0.2) is 29.2 Å². The molecule has 0 atom stereocenters. The van der Waals surface area contributed by atoms with E-state index in [9.17, 15) is 8.78 Å². The van der Waals surface area contributed by atoms with Crippen LogP contribution in [-0.2, 0) is 13.1 Å². The number of para-hydroxylation sites is 2. The Hall–Kier alpha value is -3.42. The van der Waals surface area contributed by atoms with Gasteiger partial charge in [-0.1, -0.05) is 36.4 Å². The Morgan fingerprint density at radius 1 is 1.07 bits per heavy atom. The van der Waals surface area contributed by atoms with E-state index in [1.807, 2.05) is 35.0 Å². The van der Waals surface area contributed by atoms with Gasteiger partial charge in [0.25, 0.3) is 0 Å². The molecule has 6 nitrogen and oxygen atoms in total. The monoisotopic (exact) mass is 385 g/mol. The number of ether oxygens (including phenoxy) is 1. The van der Waals surface area contributed by atoms with Crippen molar-refractivity contribution in [2.24, 2.45) is 4.99 Å². The van der Waals surface area contributed by atoms with Gasteiger partial charge < -0.3 is 19.9 Å². The van der Waals surface area contributed by atoms with Crippen molar-refractivity contribution in [1.29, 1.82) is 0 Å². The number of alkyl halides is 2. The van der Waals surface area contributed by atoms with E-state index in [4.69, 9.17) is 0 Å². The number of hydrogen-bond donors (Lipinski definition) is 2. The molecule has 28 heavy (non-hydrogen) atoms. The molecular formula is C20H21F2N5O. The lowest BCUT2D eigenvalue weighted by Gasteiger charge is -2.16. The van der Waals surface area contributed by atoms with Gasteiger partial charge in [0.1, 0.15) is 5.75 Å². The molecule has 0 aliphatic rings. The Bertz CT molecular complexity index is 912. The van der Waals surface area contributed by atoms with Crippen molar-refractivity contribution < 1.29 is 13.5 Å². The smallest absolute Gasteiger partial charge is 0.387 e. The average Bonchev–Trinajstić information content (AvgIpc) is 3.24. The quantitative estimate of drug-likeness (QED) is 0.484. The van der Waals surface area contributed by atoms with Gasteiger partial charge >= 0.3 is 6.61 Å². The number of benzene rings is 2. The first-order valence-corrected chi connectivity index (χ1v) is 8.71.